The largest absolute Gasteiger partial charge is 0.471 e. The summed E-state index contributed by atoms with van der Waals surface area (Å²) in [7, 11) is 1.69. The molecule has 0 N–H and O–H groups in total. The summed E-state index contributed by atoms with van der Waals surface area (Å²) in [5, 5.41) is 0. The Balaban J connectivity index is 2.45. The van der Waals surface area contributed by atoms with Crippen LogP contribution in [0.2, 0.25) is 0 Å². The van der Waals surface area contributed by atoms with Crippen molar-refractivity contribution >= 4 is 11.6 Å². The molecule has 0 bridgehead atoms. The zero-order chi connectivity index (χ0) is 18.1. The van der Waals surface area contributed by atoms with E-state index in [0.29, 0.717) is 0 Å². The second-order valence-electron chi connectivity index (χ2n) is 6.50. The lowest BCUT2D eigenvalue weighted by Crippen LogP contribution is -2.26. The van der Waals surface area contributed by atoms with Crippen LogP contribution < -0.4 is 9.64 Å². The van der Waals surface area contributed by atoms with Crippen molar-refractivity contribution < 1.29 is 17.9 Å². The molecule has 0 aliphatic rings. The van der Waals surface area contributed by atoms with Gasteiger partial charge < -0.3 is 9.64 Å². The molecule has 2 aromatic rings. The van der Waals surface area contributed by atoms with Gasteiger partial charge in [-0.3, -0.25) is 0 Å². The summed E-state index contributed by atoms with van der Waals surface area (Å²) in [5.74, 6) is -0.343. The second-order valence-corrected chi connectivity index (χ2v) is 6.50. The summed E-state index contributed by atoms with van der Waals surface area (Å²) < 4.78 is 44.9. The highest BCUT2D eigenvalue weighted by atomic mass is 19.4. The standard InChI is InChI=1S/C17H20F3N3O/c1-11-6-8-12(9-7-11)23(5)15-21-10-13(17(18,19)20)14(22-15)24-16(2,3)4/h6-10H,1-5H3. The predicted molar refractivity (Wildman–Crippen MR) is 86.7 cm³/mol. The number of alkyl halides is 3. The van der Waals surface area contributed by atoms with Crippen LogP contribution in [0.15, 0.2) is 30.5 Å². The quantitative estimate of drug-likeness (QED) is 0.809. The average molecular weight is 339 g/mol. The highest BCUT2D eigenvalue weighted by Crippen LogP contribution is 2.37. The van der Waals surface area contributed by atoms with Crippen molar-refractivity contribution in [3.63, 3.8) is 0 Å². The van der Waals surface area contributed by atoms with Crippen LogP contribution in [0, 0.1) is 6.92 Å². The fourth-order valence-electron chi connectivity index (χ4n) is 1.97. The molecule has 1 aromatic carbocycles. The van der Waals surface area contributed by atoms with Gasteiger partial charge in [0, 0.05) is 18.9 Å². The van der Waals surface area contributed by atoms with Crippen molar-refractivity contribution in [2.45, 2.75) is 39.5 Å². The van der Waals surface area contributed by atoms with E-state index in [1.54, 1.807) is 32.7 Å². The lowest BCUT2D eigenvalue weighted by Gasteiger charge is -2.24. The Kier molecular flexibility index (Phi) is 4.73. The number of hydrogen-bond donors (Lipinski definition) is 0. The molecule has 2 rings (SSSR count). The molecule has 0 spiro atoms. The Hall–Kier alpha value is -2.31. The SMILES string of the molecule is Cc1ccc(N(C)c2ncc(C(F)(F)F)c(OC(C)(C)C)n2)cc1. The topological polar surface area (TPSA) is 38.2 Å². The Morgan fingerprint density at radius 3 is 2.12 bits per heavy atom. The summed E-state index contributed by atoms with van der Waals surface area (Å²) in [5.41, 5.74) is 0.0476. The van der Waals surface area contributed by atoms with E-state index in [4.69, 9.17) is 4.74 Å². The number of aromatic nitrogens is 2. The lowest BCUT2D eigenvalue weighted by atomic mass is 10.2. The van der Waals surface area contributed by atoms with Crippen LogP contribution in [-0.4, -0.2) is 22.6 Å². The Morgan fingerprint density at radius 2 is 1.62 bits per heavy atom. The van der Waals surface area contributed by atoms with Crippen LogP contribution in [0.5, 0.6) is 5.88 Å². The van der Waals surface area contributed by atoms with Gasteiger partial charge >= 0.3 is 6.18 Å². The summed E-state index contributed by atoms with van der Waals surface area (Å²) in [6.07, 6.45) is -3.82. The third kappa shape index (κ3) is 4.37. The maximum Gasteiger partial charge on any atom is 0.423 e. The molecule has 24 heavy (non-hydrogen) atoms. The first-order chi connectivity index (χ1) is 11.0. The van der Waals surface area contributed by atoms with E-state index < -0.39 is 23.2 Å². The normalized spacial score (nSPS) is 12.2. The van der Waals surface area contributed by atoms with Gasteiger partial charge in [-0.05, 0) is 39.8 Å². The fraction of sp³-hybridized carbons (Fsp3) is 0.412. The summed E-state index contributed by atoms with van der Waals surface area (Å²) in [6, 6.07) is 7.51. The van der Waals surface area contributed by atoms with E-state index in [0.717, 1.165) is 17.4 Å². The molecule has 4 nitrogen and oxygen atoms in total. The van der Waals surface area contributed by atoms with Crippen LogP contribution in [0.4, 0.5) is 24.8 Å². The van der Waals surface area contributed by atoms with Crippen LogP contribution >= 0.6 is 0 Å². The van der Waals surface area contributed by atoms with Crippen LogP contribution in [-0.2, 0) is 6.18 Å². The number of halogens is 3. The third-order valence-corrected chi connectivity index (χ3v) is 3.17. The minimum absolute atomic E-state index is 0.131. The van der Waals surface area contributed by atoms with Gasteiger partial charge in [0.1, 0.15) is 11.2 Å². The smallest absolute Gasteiger partial charge is 0.423 e. The first kappa shape index (κ1) is 18.0. The minimum Gasteiger partial charge on any atom is -0.471 e. The molecular weight excluding hydrogens is 319 g/mol. The molecule has 0 fully saturated rings. The molecule has 130 valence electrons. The number of ether oxygens (including phenoxy) is 1. The highest BCUT2D eigenvalue weighted by Gasteiger charge is 2.37. The molecule has 0 unspecified atom stereocenters. The molecule has 0 saturated carbocycles. The number of anilines is 2. The van der Waals surface area contributed by atoms with Crippen molar-refractivity contribution in [3.8, 4) is 5.88 Å². The van der Waals surface area contributed by atoms with Gasteiger partial charge in [-0.15, -0.1) is 0 Å². The highest BCUT2D eigenvalue weighted by molar-refractivity contribution is 5.57. The third-order valence-electron chi connectivity index (χ3n) is 3.17. The molecule has 0 radical (unpaired) electrons. The number of nitrogens with zero attached hydrogens (tertiary/aromatic N) is 3. The number of aryl methyl sites for hydroxylation is 1. The molecule has 1 heterocycles. The van der Waals surface area contributed by atoms with E-state index in [-0.39, 0.29) is 5.95 Å². The summed E-state index contributed by atoms with van der Waals surface area (Å²) >= 11 is 0. The van der Waals surface area contributed by atoms with Crippen molar-refractivity contribution in [2.75, 3.05) is 11.9 Å². The van der Waals surface area contributed by atoms with Crippen molar-refractivity contribution in [2.24, 2.45) is 0 Å². The van der Waals surface area contributed by atoms with Gasteiger partial charge in [-0.25, -0.2) is 4.98 Å². The summed E-state index contributed by atoms with van der Waals surface area (Å²) in [6.45, 7) is 6.95. The zero-order valence-corrected chi connectivity index (χ0v) is 14.3. The van der Waals surface area contributed by atoms with E-state index in [1.165, 1.54) is 0 Å². The zero-order valence-electron chi connectivity index (χ0n) is 14.3. The van der Waals surface area contributed by atoms with Crippen molar-refractivity contribution in [1.82, 2.24) is 9.97 Å². The minimum atomic E-state index is -4.58. The van der Waals surface area contributed by atoms with Gasteiger partial charge in [0.2, 0.25) is 11.8 Å². The number of benzene rings is 1. The van der Waals surface area contributed by atoms with E-state index >= 15 is 0 Å². The maximum absolute atomic E-state index is 13.2. The van der Waals surface area contributed by atoms with Gasteiger partial charge in [0.15, 0.2) is 0 Å². The van der Waals surface area contributed by atoms with E-state index in [2.05, 4.69) is 9.97 Å². The van der Waals surface area contributed by atoms with Gasteiger partial charge in [0.25, 0.3) is 0 Å². The number of hydrogen-bond acceptors (Lipinski definition) is 4. The molecule has 0 aliphatic carbocycles. The molecule has 0 atom stereocenters. The number of rotatable bonds is 3. The Bertz CT molecular complexity index is 707. The van der Waals surface area contributed by atoms with Crippen molar-refractivity contribution in [3.05, 3.63) is 41.6 Å². The molecule has 7 heteroatoms. The predicted octanol–water partition coefficient (Wildman–Crippen LogP) is 4.75. The van der Waals surface area contributed by atoms with Crippen LogP contribution in [0.1, 0.15) is 31.9 Å². The first-order valence-corrected chi connectivity index (χ1v) is 7.41. The molecule has 1 aromatic heterocycles. The Labute approximate surface area is 139 Å². The van der Waals surface area contributed by atoms with Gasteiger partial charge in [0.05, 0.1) is 0 Å². The van der Waals surface area contributed by atoms with Crippen LogP contribution in [0.3, 0.4) is 0 Å². The fourth-order valence-corrected chi connectivity index (χ4v) is 1.97. The Morgan fingerprint density at radius 1 is 1.04 bits per heavy atom. The molecule has 0 saturated heterocycles. The molecule has 0 amide bonds. The first-order valence-electron chi connectivity index (χ1n) is 7.41. The molecular formula is C17H20F3N3O. The van der Waals surface area contributed by atoms with E-state index in [1.807, 2.05) is 31.2 Å². The molecule has 0 aliphatic heterocycles. The monoisotopic (exact) mass is 339 g/mol. The van der Waals surface area contributed by atoms with Gasteiger partial charge in [-0.1, -0.05) is 17.7 Å². The van der Waals surface area contributed by atoms with Crippen LogP contribution in [0.25, 0.3) is 0 Å². The maximum atomic E-state index is 13.2. The van der Waals surface area contributed by atoms with Gasteiger partial charge in [-0.2, -0.15) is 18.2 Å². The summed E-state index contributed by atoms with van der Waals surface area (Å²) in [4.78, 5) is 9.45. The average Bonchev–Trinajstić information content (AvgIpc) is 2.44. The lowest BCUT2D eigenvalue weighted by molar-refractivity contribution is -0.140. The van der Waals surface area contributed by atoms with Crippen molar-refractivity contribution in [1.29, 1.82) is 0 Å². The second kappa shape index (κ2) is 6.30. The van der Waals surface area contributed by atoms with E-state index in [9.17, 15) is 13.2 Å².